The van der Waals surface area contributed by atoms with Crippen LogP contribution in [0.3, 0.4) is 0 Å². The first-order chi connectivity index (χ1) is 32.1. The minimum atomic E-state index is -7.22. The molecule has 0 atom stereocenters. The molecule has 0 N–H and O–H groups in total. The summed E-state index contributed by atoms with van der Waals surface area (Å²) in [5.41, 5.74) is -15.2. The van der Waals surface area contributed by atoms with E-state index in [-0.39, 0.29) is 0 Å². The molecular formula is C41H9BF25NO. The van der Waals surface area contributed by atoms with Crippen molar-refractivity contribution in [2.45, 2.75) is 6.54 Å². The number of Topliss-reactive ketones (excluding diaryl/α,β-unsaturated/α-hetero) is 1. The first-order valence-electron chi connectivity index (χ1n) is 17.8. The van der Waals surface area contributed by atoms with E-state index in [0.29, 0.717) is 5.52 Å². The topological polar surface area (TPSA) is 20.9 Å². The molecule has 0 fully saturated rings. The van der Waals surface area contributed by atoms with Gasteiger partial charge in [-0.15, -0.1) is 21.9 Å². The Morgan fingerprint density at radius 1 is 0.319 bits per heavy atom. The van der Waals surface area contributed by atoms with Gasteiger partial charge in [-0.25, -0.2) is 110 Å². The van der Waals surface area contributed by atoms with E-state index in [2.05, 4.69) is 0 Å². The molecule has 7 aromatic rings. The number of benzene rings is 6. The van der Waals surface area contributed by atoms with Crippen molar-refractivity contribution in [3.05, 3.63) is 194 Å². The van der Waals surface area contributed by atoms with E-state index < -0.39 is 191 Å². The van der Waals surface area contributed by atoms with Gasteiger partial charge in [0.05, 0.1) is 0 Å². The standard InChI is InChI=1S/C24BF20.C17H9F5NO/c26-5-1(6(27)14(35)21(42)13(5)34)25(2-7(28)15(36)22(43)16(37)8(2)29,3-9(30)17(38)23(44)18(39)10(3)31)4-11(32)19(40)24(45)20(41)12(4)33;18-13-12(14(19)16(21)17(22)15(13)20)11(24)8-23-7-3-5-9-4-1-2-6-10(9)23/h;1-7H,8H2/q-1;+1. The summed E-state index contributed by atoms with van der Waals surface area (Å²) < 4.78 is 362. The molecule has 0 aliphatic heterocycles. The quantitative estimate of drug-likeness (QED) is 0.0390. The van der Waals surface area contributed by atoms with Crippen LogP contribution in [0.1, 0.15) is 10.4 Å². The van der Waals surface area contributed by atoms with E-state index in [4.69, 9.17) is 0 Å². The van der Waals surface area contributed by atoms with Crippen LogP contribution in [0.4, 0.5) is 110 Å². The molecule has 0 amide bonds. The molecule has 0 radical (unpaired) electrons. The van der Waals surface area contributed by atoms with Crippen LogP contribution in [-0.2, 0) is 6.54 Å². The minimum Gasteiger partial charge on any atom is -0.287 e. The molecule has 0 saturated heterocycles. The summed E-state index contributed by atoms with van der Waals surface area (Å²) in [6, 6.07) is 10.2. The summed E-state index contributed by atoms with van der Waals surface area (Å²) >= 11 is 0. The van der Waals surface area contributed by atoms with Gasteiger partial charge in [0, 0.05) is 17.5 Å². The molecule has 2 nitrogen and oxygen atoms in total. The molecule has 0 bridgehead atoms. The molecule has 362 valence electrons. The average molecular weight is 1020 g/mol. The van der Waals surface area contributed by atoms with Crippen molar-refractivity contribution in [3.8, 4) is 0 Å². The van der Waals surface area contributed by atoms with Crippen LogP contribution in [0.5, 0.6) is 0 Å². The lowest BCUT2D eigenvalue weighted by atomic mass is 9.12. The number of halogens is 25. The Morgan fingerprint density at radius 3 is 0.841 bits per heavy atom. The molecule has 7 rings (SSSR count). The van der Waals surface area contributed by atoms with Gasteiger partial charge in [0.2, 0.25) is 23.7 Å². The summed E-state index contributed by atoms with van der Waals surface area (Å²) in [5, 5.41) is 0.755. The molecule has 0 unspecified atom stereocenters. The van der Waals surface area contributed by atoms with Gasteiger partial charge in [-0.2, -0.15) is 4.57 Å². The van der Waals surface area contributed by atoms with Crippen molar-refractivity contribution < 1.29 is 119 Å². The maximum Gasteiger partial charge on any atom is 0.233 e. The zero-order valence-electron chi connectivity index (χ0n) is 32.1. The Kier molecular flexibility index (Phi) is 13.6. The van der Waals surface area contributed by atoms with E-state index in [1.807, 2.05) is 0 Å². The number of para-hydroxylation sites is 1. The van der Waals surface area contributed by atoms with Crippen LogP contribution >= 0.6 is 0 Å². The summed E-state index contributed by atoms with van der Waals surface area (Å²) in [5.74, 6) is -83.4. The minimum absolute atomic E-state index is 0.570. The summed E-state index contributed by atoms with van der Waals surface area (Å²) in [6.45, 7) is -0.570. The van der Waals surface area contributed by atoms with Crippen LogP contribution in [0, 0.1) is 145 Å². The molecule has 28 heteroatoms. The average Bonchev–Trinajstić information content (AvgIpc) is 3.33. The second-order valence-corrected chi connectivity index (χ2v) is 13.9. The maximum atomic E-state index is 15.4. The number of aromatic nitrogens is 1. The van der Waals surface area contributed by atoms with Gasteiger partial charge in [-0.1, -0.05) is 12.1 Å². The Labute approximate surface area is 364 Å². The molecule has 1 aromatic heterocycles. The third-order valence-electron chi connectivity index (χ3n) is 10.3. The van der Waals surface area contributed by atoms with Crippen molar-refractivity contribution in [1.29, 1.82) is 0 Å². The molecule has 0 aliphatic rings. The number of hydrogen-bond donors (Lipinski definition) is 0. The Morgan fingerprint density at radius 2 is 0.551 bits per heavy atom. The van der Waals surface area contributed by atoms with Crippen molar-refractivity contribution in [2.24, 2.45) is 0 Å². The van der Waals surface area contributed by atoms with Crippen molar-refractivity contribution in [3.63, 3.8) is 0 Å². The monoisotopic (exact) mass is 1020 g/mol. The van der Waals surface area contributed by atoms with Crippen LogP contribution in [-0.4, -0.2) is 11.9 Å². The number of ketones is 1. The summed E-state index contributed by atoms with van der Waals surface area (Å²) in [4.78, 5) is 12.2. The van der Waals surface area contributed by atoms with Crippen LogP contribution < -0.4 is 26.4 Å². The van der Waals surface area contributed by atoms with Gasteiger partial charge in [0.1, 0.15) is 58.2 Å². The third-order valence-corrected chi connectivity index (χ3v) is 10.3. The SMILES string of the molecule is Fc1c(F)c(F)c([B-](c2c(F)c(F)c(F)c(F)c2F)(c2c(F)c(F)c(F)c(F)c2F)c2c(F)c(F)c(F)c(F)c2F)c(F)c1F.O=C(C[n+]1cccc2ccccc21)c1c(F)c(F)c(F)c(F)c1F. The zero-order valence-corrected chi connectivity index (χ0v) is 32.1. The van der Waals surface area contributed by atoms with E-state index in [9.17, 15) is 79.4 Å². The number of fused-ring (bicyclic) bond motifs is 1. The lowest BCUT2D eigenvalue weighted by Gasteiger charge is -2.44. The highest BCUT2D eigenvalue weighted by Gasteiger charge is 2.52. The Hall–Kier alpha value is -7.29. The molecular weight excluding hydrogens is 1010 g/mol. The predicted octanol–water partition coefficient (Wildman–Crippen LogP) is 9.55. The van der Waals surface area contributed by atoms with Crippen molar-refractivity contribution in [2.75, 3.05) is 0 Å². The van der Waals surface area contributed by atoms with Crippen LogP contribution in [0.2, 0.25) is 0 Å². The van der Waals surface area contributed by atoms with Crippen LogP contribution in [0.15, 0.2) is 42.6 Å². The number of carbonyl (C=O) groups is 1. The largest absolute Gasteiger partial charge is 0.287 e. The van der Waals surface area contributed by atoms with E-state index in [0.717, 1.165) is 5.39 Å². The molecule has 0 spiro atoms. The zero-order chi connectivity index (χ0) is 51.8. The second kappa shape index (κ2) is 18.3. The molecule has 0 aliphatic carbocycles. The maximum absolute atomic E-state index is 15.4. The first kappa shape index (κ1) is 51.1. The number of pyridine rings is 1. The van der Waals surface area contributed by atoms with Crippen molar-refractivity contribution >= 4 is 44.7 Å². The Balaban J connectivity index is 0.000000273. The predicted molar refractivity (Wildman–Crippen MR) is 184 cm³/mol. The third kappa shape index (κ3) is 7.62. The summed E-state index contributed by atoms with van der Waals surface area (Å²) in [7, 11) is 0. The number of carbonyl (C=O) groups excluding carboxylic acids is 1. The van der Waals surface area contributed by atoms with Crippen molar-refractivity contribution in [1.82, 2.24) is 0 Å². The smallest absolute Gasteiger partial charge is 0.233 e. The van der Waals surface area contributed by atoms with E-state index in [1.165, 1.54) is 10.8 Å². The first-order valence-corrected chi connectivity index (χ1v) is 17.8. The fourth-order valence-electron chi connectivity index (χ4n) is 7.32. The Bertz CT molecular complexity index is 2930. The highest BCUT2D eigenvalue weighted by atomic mass is 19.2. The van der Waals surface area contributed by atoms with Gasteiger partial charge >= 0.3 is 0 Å². The number of nitrogens with zero attached hydrogens (tertiary/aromatic N) is 1. The van der Waals surface area contributed by atoms with Gasteiger partial charge in [0.15, 0.2) is 99.3 Å². The number of hydrogen-bond acceptors (Lipinski definition) is 1. The molecule has 0 saturated carbocycles. The lowest BCUT2D eigenvalue weighted by Crippen LogP contribution is -2.81. The van der Waals surface area contributed by atoms with E-state index in [1.54, 1.807) is 36.4 Å². The van der Waals surface area contributed by atoms with Gasteiger partial charge in [-0.3, -0.25) is 4.79 Å². The van der Waals surface area contributed by atoms with E-state index >= 15 is 35.1 Å². The normalized spacial score (nSPS) is 11.7. The molecule has 6 aromatic carbocycles. The number of rotatable bonds is 7. The second-order valence-electron chi connectivity index (χ2n) is 13.9. The molecule has 1 heterocycles. The fourth-order valence-corrected chi connectivity index (χ4v) is 7.32. The summed E-state index contributed by atoms with van der Waals surface area (Å²) in [6.07, 6.45) is -5.74. The molecule has 69 heavy (non-hydrogen) atoms. The van der Waals surface area contributed by atoms with Gasteiger partial charge in [0.25, 0.3) is 0 Å². The van der Waals surface area contributed by atoms with Gasteiger partial charge in [-0.05, 0) is 12.1 Å². The highest BCUT2D eigenvalue weighted by Crippen LogP contribution is 2.31. The fraction of sp³-hybridized carbons (Fsp3) is 0.0244. The van der Waals surface area contributed by atoms with Crippen LogP contribution in [0.25, 0.3) is 10.9 Å². The van der Waals surface area contributed by atoms with Gasteiger partial charge < -0.3 is 0 Å². The highest BCUT2D eigenvalue weighted by molar-refractivity contribution is 7.20. The lowest BCUT2D eigenvalue weighted by molar-refractivity contribution is -0.657.